The average Bonchev–Trinajstić information content (AvgIpc) is 1.87. The molecule has 9 heavy (non-hydrogen) atoms. The number of carbonyl (C=O) groups excluding carboxylic acids is 2. The molecule has 0 saturated carbocycles. The molecule has 0 bridgehead atoms. The van der Waals surface area contributed by atoms with E-state index in [0.29, 0.717) is 8.86 Å². The van der Waals surface area contributed by atoms with Gasteiger partial charge in [0.15, 0.2) is 0 Å². The third-order valence-electron chi connectivity index (χ3n) is 0.446. The van der Waals surface area contributed by atoms with Gasteiger partial charge >= 0.3 is 0 Å². The van der Waals surface area contributed by atoms with Crippen molar-refractivity contribution in [2.24, 2.45) is 0 Å². The highest BCUT2D eigenvalue weighted by atomic mass is 127. The van der Waals surface area contributed by atoms with E-state index in [1.165, 1.54) is 0 Å². The van der Waals surface area contributed by atoms with Crippen molar-refractivity contribution in [2.45, 2.75) is 0 Å². The number of halogens is 2. The second-order valence-corrected chi connectivity index (χ2v) is 3.75. The Labute approximate surface area is 84.8 Å². The number of rotatable bonds is 2. The lowest BCUT2D eigenvalue weighted by molar-refractivity contribution is -0.110. The summed E-state index contributed by atoms with van der Waals surface area (Å²) in [5.74, 6) is 0. The van der Waals surface area contributed by atoms with Gasteiger partial charge in [-0.25, -0.2) is 0 Å². The SMILES string of the molecule is O=C(CI)SC(=O)CI. The minimum atomic E-state index is -0.0581. The predicted octanol–water partition coefficient (Wildman–Crippen LogP) is 1.64. The van der Waals surface area contributed by atoms with E-state index in [1.807, 2.05) is 45.2 Å². The van der Waals surface area contributed by atoms with Crippen molar-refractivity contribution in [3.05, 3.63) is 0 Å². The summed E-state index contributed by atoms with van der Waals surface area (Å²) < 4.78 is 0.815. The van der Waals surface area contributed by atoms with Crippen LogP contribution in [0, 0.1) is 0 Å². The highest BCUT2D eigenvalue weighted by molar-refractivity contribution is 14.1. The van der Waals surface area contributed by atoms with Gasteiger partial charge in [0, 0.05) is 0 Å². The largest absolute Gasteiger partial charge is 0.286 e. The number of hydrogen-bond donors (Lipinski definition) is 0. The topological polar surface area (TPSA) is 34.1 Å². The lowest BCUT2D eigenvalue weighted by Crippen LogP contribution is -2.00. The standard InChI is InChI=1S/C4H4I2O2S/c5-1-3(7)9-4(8)2-6/h1-2H2. The Kier molecular flexibility index (Phi) is 6.65. The van der Waals surface area contributed by atoms with Crippen molar-refractivity contribution < 1.29 is 9.59 Å². The van der Waals surface area contributed by atoms with Crippen LogP contribution in [0.25, 0.3) is 0 Å². The minimum Gasteiger partial charge on any atom is -0.286 e. The van der Waals surface area contributed by atoms with E-state index in [9.17, 15) is 9.59 Å². The van der Waals surface area contributed by atoms with Gasteiger partial charge in [-0.15, -0.1) is 0 Å². The summed E-state index contributed by atoms with van der Waals surface area (Å²) in [4.78, 5) is 21.0. The van der Waals surface area contributed by atoms with E-state index >= 15 is 0 Å². The number of carbonyl (C=O) groups is 2. The molecule has 0 aliphatic carbocycles. The highest BCUT2D eigenvalue weighted by Gasteiger charge is 2.06. The van der Waals surface area contributed by atoms with Crippen LogP contribution in [0.4, 0.5) is 0 Å². The molecule has 0 aliphatic rings. The smallest absolute Gasteiger partial charge is 0.206 e. The molecular formula is C4H4I2O2S. The Morgan fingerprint density at radius 1 is 1.11 bits per heavy atom. The summed E-state index contributed by atoms with van der Waals surface area (Å²) >= 11 is 4.68. The van der Waals surface area contributed by atoms with Gasteiger partial charge in [-0.1, -0.05) is 45.2 Å². The zero-order chi connectivity index (χ0) is 7.28. The van der Waals surface area contributed by atoms with Gasteiger partial charge in [0.05, 0.1) is 8.86 Å². The first-order valence-corrected chi connectivity index (χ1v) is 5.93. The molecule has 52 valence electrons. The minimum absolute atomic E-state index is 0.0581. The molecule has 0 aromatic heterocycles. The van der Waals surface area contributed by atoms with Gasteiger partial charge in [-0.05, 0) is 11.8 Å². The summed E-state index contributed by atoms with van der Waals surface area (Å²) in [6, 6.07) is 0. The summed E-state index contributed by atoms with van der Waals surface area (Å²) in [7, 11) is 0. The Morgan fingerprint density at radius 3 is 1.67 bits per heavy atom. The molecule has 0 aromatic carbocycles. The molecule has 5 heteroatoms. The lowest BCUT2D eigenvalue weighted by atomic mass is 10.9. The first-order chi connectivity index (χ1) is 4.20. The fraction of sp³-hybridized carbons (Fsp3) is 0.500. The molecule has 0 atom stereocenters. The van der Waals surface area contributed by atoms with E-state index in [0.717, 1.165) is 11.8 Å². The van der Waals surface area contributed by atoms with Crippen LogP contribution < -0.4 is 0 Å². The van der Waals surface area contributed by atoms with Gasteiger partial charge in [-0.2, -0.15) is 0 Å². The maximum absolute atomic E-state index is 10.5. The van der Waals surface area contributed by atoms with Crippen molar-refractivity contribution in [1.29, 1.82) is 0 Å². The molecule has 0 N–H and O–H groups in total. The molecular weight excluding hydrogens is 366 g/mol. The normalized spacial score (nSPS) is 9.11. The number of thioether (sulfide) groups is 1. The van der Waals surface area contributed by atoms with Gasteiger partial charge in [0.25, 0.3) is 0 Å². The van der Waals surface area contributed by atoms with E-state index in [4.69, 9.17) is 0 Å². The zero-order valence-electron chi connectivity index (χ0n) is 4.39. The van der Waals surface area contributed by atoms with Crippen molar-refractivity contribution in [2.75, 3.05) is 8.86 Å². The average molecular weight is 370 g/mol. The maximum atomic E-state index is 10.5. The predicted molar refractivity (Wildman–Crippen MR) is 55.4 cm³/mol. The van der Waals surface area contributed by atoms with Crippen molar-refractivity contribution in [3.8, 4) is 0 Å². The molecule has 0 unspecified atom stereocenters. The summed E-state index contributed by atoms with van der Waals surface area (Å²) in [6.45, 7) is 0. The summed E-state index contributed by atoms with van der Waals surface area (Å²) in [5, 5.41) is -0.116. The molecule has 0 aromatic rings. The van der Waals surface area contributed by atoms with E-state index in [-0.39, 0.29) is 10.2 Å². The zero-order valence-corrected chi connectivity index (χ0v) is 9.53. The Morgan fingerprint density at radius 2 is 1.44 bits per heavy atom. The number of alkyl halides is 2. The van der Waals surface area contributed by atoms with Crippen LogP contribution >= 0.6 is 56.9 Å². The van der Waals surface area contributed by atoms with Crippen LogP contribution in [-0.4, -0.2) is 19.1 Å². The van der Waals surface area contributed by atoms with Crippen molar-refractivity contribution in [3.63, 3.8) is 0 Å². The Bertz CT molecular complexity index is 112. The molecule has 0 amide bonds. The summed E-state index contributed by atoms with van der Waals surface area (Å²) in [6.07, 6.45) is 0. The van der Waals surface area contributed by atoms with Crippen LogP contribution in [0.3, 0.4) is 0 Å². The van der Waals surface area contributed by atoms with Gasteiger partial charge < -0.3 is 0 Å². The first-order valence-electron chi connectivity index (χ1n) is 2.06. The summed E-state index contributed by atoms with van der Waals surface area (Å²) in [5.41, 5.74) is 0. The number of hydrogen-bond acceptors (Lipinski definition) is 3. The molecule has 0 aliphatic heterocycles. The van der Waals surface area contributed by atoms with E-state index in [2.05, 4.69) is 0 Å². The monoisotopic (exact) mass is 370 g/mol. The van der Waals surface area contributed by atoms with Crippen LogP contribution in [-0.2, 0) is 9.59 Å². The Hall–Kier alpha value is 1.15. The molecule has 0 fully saturated rings. The fourth-order valence-electron chi connectivity index (χ4n) is 0.182. The van der Waals surface area contributed by atoms with E-state index < -0.39 is 0 Å². The fourth-order valence-corrected chi connectivity index (χ4v) is 1.48. The van der Waals surface area contributed by atoms with Crippen molar-refractivity contribution >= 4 is 67.2 Å². The molecule has 0 radical (unpaired) electrons. The molecule has 0 saturated heterocycles. The second-order valence-electron chi connectivity index (χ2n) is 1.11. The molecule has 0 heterocycles. The van der Waals surface area contributed by atoms with Gasteiger partial charge in [0.1, 0.15) is 0 Å². The lowest BCUT2D eigenvalue weighted by Gasteiger charge is -1.89. The quantitative estimate of drug-likeness (QED) is 0.548. The van der Waals surface area contributed by atoms with E-state index in [1.54, 1.807) is 0 Å². The maximum Gasteiger partial charge on any atom is 0.206 e. The third kappa shape index (κ3) is 5.59. The molecule has 0 spiro atoms. The van der Waals surface area contributed by atoms with Crippen LogP contribution in [0.5, 0.6) is 0 Å². The van der Waals surface area contributed by atoms with Crippen LogP contribution in [0.2, 0.25) is 0 Å². The Balaban J connectivity index is 3.47. The van der Waals surface area contributed by atoms with Gasteiger partial charge in [0.2, 0.25) is 10.2 Å². The van der Waals surface area contributed by atoms with Gasteiger partial charge in [-0.3, -0.25) is 9.59 Å². The van der Waals surface area contributed by atoms with Crippen LogP contribution in [0.1, 0.15) is 0 Å². The molecule has 2 nitrogen and oxygen atoms in total. The second kappa shape index (κ2) is 5.90. The third-order valence-corrected chi connectivity index (χ3v) is 3.61. The van der Waals surface area contributed by atoms with Crippen LogP contribution in [0.15, 0.2) is 0 Å². The molecule has 0 rings (SSSR count). The highest BCUT2D eigenvalue weighted by Crippen LogP contribution is 2.07. The first kappa shape index (κ1) is 10.2. The van der Waals surface area contributed by atoms with Crippen molar-refractivity contribution in [1.82, 2.24) is 0 Å².